The maximum atomic E-state index is 4.38. The fraction of sp³-hybridized carbons (Fsp3) is 0.550. The molecule has 3 heterocycles. The molecule has 1 aromatic heterocycles. The number of benzene rings is 1. The van der Waals surface area contributed by atoms with Crippen molar-refractivity contribution in [3.63, 3.8) is 0 Å². The summed E-state index contributed by atoms with van der Waals surface area (Å²) in [6.45, 7) is 8.75. The molecule has 0 saturated heterocycles. The highest BCUT2D eigenvalue weighted by Gasteiger charge is 2.23. The molecule has 0 fully saturated rings. The highest BCUT2D eigenvalue weighted by atomic mass is 15.3. The zero-order chi connectivity index (χ0) is 17.1. The van der Waals surface area contributed by atoms with Gasteiger partial charge >= 0.3 is 0 Å². The van der Waals surface area contributed by atoms with Gasteiger partial charge in [-0.25, -0.2) is 4.68 Å². The molecular weight excluding hydrogens is 310 g/mol. The van der Waals surface area contributed by atoms with Crippen LogP contribution in [0, 0.1) is 5.92 Å². The van der Waals surface area contributed by atoms with Crippen molar-refractivity contribution in [2.75, 3.05) is 31.5 Å². The first-order chi connectivity index (χ1) is 12.3. The monoisotopic (exact) mass is 339 g/mol. The summed E-state index contributed by atoms with van der Waals surface area (Å²) in [6, 6.07) is 11.6. The first kappa shape index (κ1) is 16.6. The molecule has 0 unspecified atom stereocenters. The van der Waals surface area contributed by atoms with Crippen LogP contribution in [0.15, 0.2) is 36.5 Å². The van der Waals surface area contributed by atoms with Crippen molar-refractivity contribution in [2.45, 2.75) is 38.9 Å². The van der Waals surface area contributed by atoms with Crippen LogP contribution < -0.4 is 10.6 Å². The normalized spacial score (nSPS) is 21.2. The minimum Gasteiger partial charge on any atom is -0.370 e. The zero-order valence-electron chi connectivity index (χ0n) is 15.1. The van der Waals surface area contributed by atoms with Gasteiger partial charge in [0.25, 0.3) is 0 Å². The van der Waals surface area contributed by atoms with Gasteiger partial charge in [-0.2, -0.15) is 5.10 Å². The molecule has 0 saturated carbocycles. The Morgan fingerprint density at radius 2 is 2.16 bits per heavy atom. The van der Waals surface area contributed by atoms with E-state index in [1.54, 1.807) is 0 Å². The summed E-state index contributed by atoms with van der Waals surface area (Å²) < 4.78 is 2.08. The standard InChI is InChI=1S/C20H29N5/c1-2-19(24-10-8-17-5-3-4-6-18(17)15-24)13-21-11-16-12-22-20-7-9-23-25(20)14-16/h3-7,9,16,19,21-22H,2,8,10-15H2,1H3/t16-,19+/m1/s1. The first-order valence-corrected chi connectivity index (χ1v) is 9.60. The Hall–Kier alpha value is -1.85. The van der Waals surface area contributed by atoms with Crippen molar-refractivity contribution in [3.05, 3.63) is 47.7 Å². The zero-order valence-corrected chi connectivity index (χ0v) is 15.1. The number of hydrogen-bond acceptors (Lipinski definition) is 4. The number of fused-ring (bicyclic) bond motifs is 2. The Morgan fingerprint density at radius 1 is 1.28 bits per heavy atom. The summed E-state index contributed by atoms with van der Waals surface area (Å²) >= 11 is 0. The van der Waals surface area contributed by atoms with Gasteiger partial charge < -0.3 is 10.6 Å². The molecule has 0 spiro atoms. The number of aromatic nitrogens is 2. The van der Waals surface area contributed by atoms with Gasteiger partial charge in [0.05, 0.1) is 6.20 Å². The van der Waals surface area contributed by atoms with Gasteiger partial charge in [-0.1, -0.05) is 31.2 Å². The van der Waals surface area contributed by atoms with Crippen molar-refractivity contribution in [3.8, 4) is 0 Å². The van der Waals surface area contributed by atoms with Gasteiger partial charge in [0.2, 0.25) is 0 Å². The molecular formula is C20H29N5. The largest absolute Gasteiger partial charge is 0.370 e. The van der Waals surface area contributed by atoms with Crippen molar-refractivity contribution < 1.29 is 0 Å². The molecule has 0 radical (unpaired) electrons. The molecule has 25 heavy (non-hydrogen) atoms. The maximum Gasteiger partial charge on any atom is 0.124 e. The van der Waals surface area contributed by atoms with Crippen molar-refractivity contribution in [2.24, 2.45) is 5.92 Å². The van der Waals surface area contributed by atoms with E-state index >= 15 is 0 Å². The lowest BCUT2D eigenvalue weighted by molar-refractivity contribution is 0.168. The van der Waals surface area contributed by atoms with Crippen molar-refractivity contribution in [1.29, 1.82) is 0 Å². The fourth-order valence-electron chi connectivity index (χ4n) is 4.14. The van der Waals surface area contributed by atoms with E-state index in [1.165, 1.54) is 30.5 Å². The summed E-state index contributed by atoms with van der Waals surface area (Å²) in [4.78, 5) is 2.65. The second-order valence-corrected chi connectivity index (χ2v) is 7.35. The van der Waals surface area contributed by atoms with Crippen LogP contribution in [0.5, 0.6) is 0 Å². The number of rotatable bonds is 6. The molecule has 0 aliphatic carbocycles. The van der Waals surface area contributed by atoms with E-state index < -0.39 is 0 Å². The Labute approximate surface area is 150 Å². The third-order valence-corrected chi connectivity index (χ3v) is 5.68. The predicted octanol–water partition coefficient (Wildman–Crippen LogP) is 2.35. The highest BCUT2D eigenvalue weighted by Crippen LogP contribution is 2.21. The van der Waals surface area contributed by atoms with Crippen LogP contribution in [0.25, 0.3) is 0 Å². The molecule has 1 aromatic carbocycles. The fourth-order valence-corrected chi connectivity index (χ4v) is 4.14. The average molecular weight is 339 g/mol. The van der Waals surface area contributed by atoms with E-state index in [2.05, 4.69) is 56.5 Å². The van der Waals surface area contributed by atoms with Crippen LogP contribution in [0.2, 0.25) is 0 Å². The number of anilines is 1. The molecule has 0 amide bonds. The van der Waals surface area contributed by atoms with Crippen LogP contribution in [-0.4, -0.2) is 46.9 Å². The molecule has 2 atom stereocenters. The van der Waals surface area contributed by atoms with E-state index in [4.69, 9.17) is 0 Å². The van der Waals surface area contributed by atoms with Crippen LogP contribution in [-0.2, 0) is 19.5 Å². The molecule has 2 N–H and O–H groups in total. The van der Waals surface area contributed by atoms with E-state index in [9.17, 15) is 0 Å². The third kappa shape index (κ3) is 3.72. The number of nitrogens with one attached hydrogen (secondary N) is 2. The summed E-state index contributed by atoms with van der Waals surface area (Å²) in [5.41, 5.74) is 3.04. The molecule has 2 aliphatic rings. The highest BCUT2D eigenvalue weighted by molar-refractivity contribution is 5.35. The minimum absolute atomic E-state index is 0.604. The second-order valence-electron chi connectivity index (χ2n) is 7.35. The Balaban J connectivity index is 1.27. The SMILES string of the molecule is CC[C@@H](CNC[C@@H]1CNc2ccnn2C1)N1CCc2ccccc2C1. The maximum absolute atomic E-state index is 4.38. The van der Waals surface area contributed by atoms with Crippen LogP contribution >= 0.6 is 0 Å². The average Bonchev–Trinajstić information content (AvgIpc) is 3.13. The van der Waals surface area contributed by atoms with Gasteiger partial charge in [0.1, 0.15) is 5.82 Å². The summed E-state index contributed by atoms with van der Waals surface area (Å²) in [6.07, 6.45) is 4.25. The van der Waals surface area contributed by atoms with Gasteiger partial charge in [-0.3, -0.25) is 4.90 Å². The van der Waals surface area contributed by atoms with Gasteiger partial charge in [0, 0.05) is 57.3 Å². The van der Waals surface area contributed by atoms with Gasteiger partial charge in [0.15, 0.2) is 0 Å². The van der Waals surface area contributed by atoms with Crippen molar-refractivity contribution in [1.82, 2.24) is 20.0 Å². The van der Waals surface area contributed by atoms with E-state index in [-0.39, 0.29) is 0 Å². The molecule has 4 rings (SSSR count). The molecule has 2 aliphatic heterocycles. The third-order valence-electron chi connectivity index (χ3n) is 5.68. The van der Waals surface area contributed by atoms with Gasteiger partial charge in [-0.05, 0) is 24.0 Å². The summed E-state index contributed by atoms with van der Waals surface area (Å²) in [7, 11) is 0. The molecule has 0 bridgehead atoms. The summed E-state index contributed by atoms with van der Waals surface area (Å²) in [5.74, 6) is 1.75. The van der Waals surface area contributed by atoms with E-state index in [0.29, 0.717) is 12.0 Å². The summed E-state index contributed by atoms with van der Waals surface area (Å²) in [5, 5.41) is 11.6. The molecule has 2 aromatic rings. The van der Waals surface area contributed by atoms with Gasteiger partial charge in [-0.15, -0.1) is 0 Å². The first-order valence-electron chi connectivity index (χ1n) is 9.60. The Morgan fingerprint density at radius 3 is 3.04 bits per heavy atom. The molecule has 5 nitrogen and oxygen atoms in total. The Kier molecular flexibility index (Phi) is 5.04. The molecule has 134 valence electrons. The molecule has 5 heteroatoms. The minimum atomic E-state index is 0.604. The lowest BCUT2D eigenvalue weighted by Crippen LogP contribution is -2.46. The lowest BCUT2D eigenvalue weighted by atomic mass is 9.98. The lowest BCUT2D eigenvalue weighted by Gasteiger charge is -2.36. The quantitative estimate of drug-likeness (QED) is 0.848. The van der Waals surface area contributed by atoms with Crippen LogP contribution in [0.3, 0.4) is 0 Å². The van der Waals surface area contributed by atoms with Crippen LogP contribution in [0.4, 0.5) is 5.82 Å². The van der Waals surface area contributed by atoms with Crippen LogP contribution in [0.1, 0.15) is 24.5 Å². The number of nitrogens with zero attached hydrogens (tertiary/aromatic N) is 3. The Bertz CT molecular complexity index is 695. The van der Waals surface area contributed by atoms with E-state index in [1.807, 2.05) is 12.3 Å². The predicted molar refractivity (Wildman–Crippen MR) is 102 cm³/mol. The topological polar surface area (TPSA) is 45.1 Å². The smallest absolute Gasteiger partial charge is 0.124 e. The second kappa shape index (κ2) is 7.58. The van der Waals surface area contributed by atoms with Crippen molar-refractivity contribution >= 4 is 5.82 Å². The number of hydrogen-bond donors (Lipinski definition) is 2. The van der Waals surface area contributed by atoms with E-state index in [0.717, 1.165) is 38.5 Å².